The van der Waals surface area contributed by atoms with Crippen LogP contribution < -0.4 is 5.32 Å². The van der Waals surface area contributed by atoms with Crippen LogP contribution in [0.4, 0.5) is 5.00 Å². The molecule has 2 N–H and O–H groups in total. The molecule has 1 amide bonds. The summed E-state index contributed by atoms with van der Waals surface area (Å²) in [6.07, 6.45) is 0. The molecule has 0 fully saturated rings. The van der Waals surface area contributed by atoms with Crippen LogP contribution in [-0.4, -0.2) is 34.5 Å². The first-order valence-electron chi connectivity index (χ1n) is 8.20. The molecule has 0 bridgehead atoms. The zero-order chi connectivity index (χ0) is 18.6. The summed E-state index contributed by atoms with van der Waals surface area (Å²) in [5.74, 6) is -1.21. The Balaban J connectivity index is 2.10. The predicted octanol–water partition coefficient (Wildman–Crippen LogP) is 3.91. The van der Waals surface area contributed by atoms with E-state index in [1.54, 1.807) is 6.92 Å². The number of hydrogen-bond acceptors (Lipinski definition) is 4. The number of carbonyl (C=O) groups excluding carboxylic acids is 1. The Hall–Kier alpha value is -2.18. The number of hydrogen-bond donors (Lipinski definition) is 2. The number of nitrogens with one attached hydrogen (secondary N) is 1. The number of carboxylic acid groups (broad SMARTS) is 1. The molecule has 0 saturated heterocycles. The zero-order valence-corrected chi connectivity index (χ0v) is 15.8. The molecular weight excluding hydrogens is 336 g/mol. The Morgan fingerprint density at radius 3 is 2.40 bits per heavy atom. The number of carbonyl (C=O) groups is 2. The molecule has 0 saturated carbocycles. The fourth-order valence-corrected chi connectivity index (χ4v) is 3.63. The van der Waals surface area contributed by atoms with E-state index in [0.29, 0.717) is 17.1 Å². The molecule has 2 aromatic rings. The highest BCUT2D eigenvalue weighted by molar-refractivity contribution is 7.16. The lowest BCUT2D eigenvalue weighted by molar-refractivity contribution is -0.117. The summed E-state index contributed by atoms with van der Waals surface area (Å²) in [4.78, 5) is 26.9. The number of aromatic carboxylic acids is 1. The van der Waals surface area contributed by atoms with Crippen molar-refractivity contribution in [3.05, 3.63) is 51.9 Å². The molecule has 6 heteroatoms. The van der Waals surface area contributed by atoms with Gasteiger partial charge in [-0.05, 0) is 38.8 Å². The van der Waals surface area contributed by atoms with Crippen LogP contribution in [0.3, 0.4) is 0 Å². The van der Waals surface area contributed by atoms with Crippen molar-refractivity contribution in [2.75, 3.05) is 11.9 Å². The SMILES string of the molecule is Cc1sc(NC(=O)CN(Cc2ccccc2)C(C)C)c(C(=O)O)c1C. The van der Waals surface area contributed by atoms with E-state index in [9.17, 15) is 14.7 Å². The molecule has 0 unspecified atom stereocenters. The Kier molecular flexibility index (Phi) is 6.33. The third kappa shape index (κ3) is 4.90. The molecule has 1 aromatic heterocycles. The number of nitrogens with zero attached hydrogens (tertiary/aromatic N) is 1. The summed E-state index contributed by atoms with van der Waals surface area (Å²) >= 11 is 1.31. The maximum atomic E-state index is 12.5. The van der Waals surface area contributed by atoms with E-state index in [4.69, 9.17) is 0 Å². The Bertz CT molecular complexity index is 754. The lowest BCUT2D eigenvalue weighted by Gasteiger charge is -2.25. The molecule has 0 aliphatic rings. The van der Waals surface area contributed by atoms with Gasteiger partial charge < -0.3 is 10.4 Å². The molecule has 5 nitrogen and oxygen atoms in total. The van der Waals surface area contributed by atoms with E-state index in [0.717, 1.165) is 10.4 Å². The van der Waals surface area contributed by atoms with Gasteiger partial charge in [-0.25, -0.2) is 4.79 Å². The lowest BCUT2D eigenvalue weighted by Crippen LogP contribution is -2.37. The molecule has 2 rings (SSSR count). The second-order valence-corrected chi connectivity index (χ2v) is 7.55. The van der Waals surface area contributed by atoms with E-state index in [1.165, 1.54) is 11.3 Å². The van der Waals surface area contributed by atoms with E-state index in [1.807, 2.05) is 51.1 Å². The van der Waals surface area contributed by atoms with Gasteiger partial charge in [0.05, 0.1) is 12.1 Å². The van der Waals surface area contributed by atoms with Crippen molar-refractivity contribution < 1.29 is 14.7 Å². The van der Waals surface area contributed by atoms with Crippen LogP contribution in [0.25, 0.3) is 0 Å². The third-order valence-corrected chi connectivity index (χ3v) is 5.28. The number of amides is 1. The van der Waals surface area contributed by atoms with E-state index in [2.05, 4.69) is 10.2 Å². The first kappa shape index (κ1) is 19.1. The Labute approximate surface area is 152 Å². The number of rotatable bonds is 7. The number of thiophene rings is 1. The summed E-state index contributed by atoms with van der Waals surface area (Å²) in [6.45, 7) is 8.58. The smallest absolute Gasteiger partial charge is 0.338 e. The van der Waals surface area contributed by atoms with Crippen molar-refractivity contribution >= 4 is 28.2 Å². The van der Waals surface area contributed by atoms with E-state index < -0.39 is 5.97 Å². The molecule has 0 spiro atoms. The molecule has 0 radical (unpaired) electrons. The monoisotopic (exact) mass is 360 g/mol. The number of aryl methyl sites for hydroxylation is 1. The molecule has 1 aromatic carbocycles. The highest BCUT2D eigenvalue weighted by atomic mass is 32.1. The van der Waals surface area contributed by atoms with Gasteiger partial charge in [0.25, 0.3) is 0 Å². The molecule has 25 heavy (non-hydrogen) atoms. The van der Waals surface area contributed by atoms with Crippen molar-refractivity contribution in [3.63, 3.8) is 0 Å². The minimum atomic E-state index is -1.01. The van der Waals surface area contributed by atoms with Crippen molar-refractivity contribution in [2.24, 2.45) is 0 Å². The van der Waals surface area contributed by atoms with Gasteiger partial charge in [0.15, 0.2) is 0 Å². The second-order valence-electron chi connectivity index (χ2n) is 6.33. The third-order valence-electron chi connectivity index (χ3n) is 4.16. The maximum absolute atomic E-state index is 12.5. The minimum Gasteiger partial charge on any atom is -0.478 e. The van der Waals surface area contributed by atoms with Gasteiger partial charge in [0.2, 0.25) is 5.91 Å². The normalized spacial score (nSPS) is 11.1. The zero-order valence-electron chi connectivity index (χ0n) is 15.0. The second kappa shape index (κ2) is 8.27. The number of carboxylic acids is 1. The Morgan fingerprint density at radius 2 is 1.84 bits per heavy atom. The summed E-state index contributed by atoms with van der Waals surface area (Å²) < 4.78 is 0. The molecule has 0 atom stereocenters. The molecule has 1 heterocycles. The fraction of sp³-hybridized carbons (Fsp3) is 0.368. The van der Waals surface area contributed by atoms with Crippen molar-refractivity contribution in [1.82, 2.24) is 4.90 Å². The van der Waals surface area contributed by atoms with Gasteiger partial charge in [-0.15, -0.1) is 11.3 Å². The van der Waals surface area contributed by atoms with Crippen LogP contribution in [0, 0.1) is 13.8 Å². The van der Waals surface area contributed by atoms with Gasteiger partial charge in [-0.1, -0.05) is 30.3 Å². The van der Waals surface area contributed by atoms with Gasteiger partial charge >= 0.3 is 5.97 Å². The first-order chi connectivity index (χ1) is 11.8. The van der Waals surface area contributed by atoms with E-state index in [-0.39, 0.29) is 24.1 Å². The molecule has 0 aliphatic heterocycles. The van der Waals surface area contributed by atoms with Crippen molar-refractivity contribution in [3.8, 4) is 0 Å². The largest absolute Gasteiger partial charge is 0.478 e. The van der Waals surface area contributed by atoms with Crippen LogP contribution in [0.1, 0.15) is 40.2 Å². The molecular formula is C19H24N2O3S. The van der Waals surface area contributed by atoms with Crippen LogP contribution >= 0.6 is 11.3 Å². The topological polar surface area (TPSA) is 69.6 Å². The standard InChI is InChI=1S/C19H24N2O3S/c1-12(2)21(10-15-8-6-5-7-9-15)11-16(22)20-18-17(19(23)24)13(3)14(4)25-18/h5-9,12H,10-11H2,1-4H3,(H,20,22)(H,23,24). The quantitative estimate of drug-likeness (QED) is 0.785. The van der Waals surface area contributed by atoms with Crippen LogP contribution in [0.5, 0.6) is 0 Å². The maximum Gasteiger partial charge on any atom is 0.338 e. The molecule has 0 aliphatic carbocycles. The van der Waals surface area contributed by atoms with Gasteiger partial charge in [0.1, 0.15) is 5.00 Å². The lowest BCUT2D eigenvalue weighted by atomic mass is 10.1. The summed E-state index contributed by atoms with van der Waals surface area (Å²) in [5.41, 5.74) is 2.03. The molecule has 134 valence electrons. The van der Waals surface area contributed by atoms with Crippen LogP contribution in [0.15, 0.2) is 30.3 Å². The van der Waals surface area contributed by atoms with Gasteiger partial charge in [0, 0.05) is 17.5 Å². The van der Waals surface area contributed by atoms with Gasteiger partial charge in [-0.2, -0.15) is 0 Å². The van der Waals surface area contributed by atoms with Crippen molar-refractivity contribution in [1.29, 1.82) is 0 Å². The highest BCUT2D eigenvalue weighted by Gasteiger charge is 2.21. The average molecular weight is 360 g/mol. The van der Waals surface area contributed by atoms with Crippen LogP contribution in [-0.2, 0) is 11.3 Å². The van der Waals surface area contributed by atoms with Crippen LogP contribution in [0.2, 0.25) is 0 Å². The Morgan fingerprint density at radius 1 is 1.20 bits per heavy atom. The minimum absolute atomic E-state index is 0.190. The average Bonchev–Trinajstić information content (AvgIpc) is 2.81. The van der Waals surface area contributed by atoms with E-state index >= 15 is 0 Å². The summed E-state index contributed by atoms with van der Waals surface area (Å²) in [5, 5.41) is 12.6. The van der Waals surface area contributed by atoms with Gasteiger partial charge in [-0.3, -0.25) is 9.69 Å². The summed E-state index contributed by atoms with van der Waals surface area (Å²) in [6, 6.07) is 10.2. The number of anilines is 1. The summed E-state index contributed by atoms with van der Waals surface area (Å²) in [7, 11) is 0. The fourth-order valence-electron chi connectivity index (χ4n) is 2.56. The highest BCUT2D eigenvalue weighted by Crippen LogP contribution is 2.32. The number of benzene rings is 1. The predicted molar refractivity (Wildman–Crippen MR) is 101 cm³/mol. The first-order valence-corrected chi connectivity index (χ1v) is 9.02. The van der Waals surface area contributed by atoms with Crippen molar-refractivity contribution in [2.45, 2.75) is 40.3 Å².